The van der Waals surface area contributed by atoms with Gasteiger partial charge in [0.2, 0.25) is 0 Å². The zero-order valence-electron chi connectivity index (χ0n) is 12.8. The number of hydrogen-bond acceptors (Lipinski definition) is 3. The van der Waals surface area contributed by atoms with E-state index in [-0.39, 0.29) is 0 Å². The zero-order chi connectivity index (χ0) is 17.5. The van der Waals surface area contributed by atoms with Crippen LogP contribution in [0.4, 0.5) is 5.69 Å². The monoisotopic (exact) mass is 363 g/mol. The fraction of sp³-hybridized carbons (Fsp3) is 0.111. The Hall–Kier alpha value is -2.30. The normalized spacial score (nSPS) is 12.0. The van der Waals surface area contributed by atoms with Gasteiger partial charge in [0.05, 0.1) is 0 Å². The molecule has 124 valence electrons. The summed E-state index contributed by atoms with van der Waals surface area (Å²) < 4.78 is 5.06. The molecule has 4 nitrogen and oxygen atoms in total. The Morgan fingerprint density at radius 3 is 2.42 bits per heavy atom. The van der Waals surface area contributed by atoms with Crippen LogP contribution in [0.1, 0.15) is 12.5 Å². The molecule has 0 radical (unpaired) electrons. The molecule has 0 spiro atoms. The number of carbonyl (C=O) groups excluding carboxylic acids is 2. The van der Waals surface area contributed by atoms with Gasteiger partial charge >= 0.3 is 5.97 Å². The number of ether oxygens (including phenoxy) is 1. The molecule has 0 aliphatic heterocycles. The van der Waals surface area contributed by atoms with E-state index >= 15 is 0 Å². The summed E-state index contributed by atoms with van der Waals surface area (Å²) in [5.41, 5.74) is 1.29. The van der Waals surface area contributed by atoms with E-state index in [1.165, 1.54) is 13.0 Å². The van der Waals surface area contributed by atoms with Crippen molar-refractivity contribution in [1.29, 1.82) is 0 Å². The molecule has 2 aromatic carbocycles. The molecule has 0 saturated heterocycles. The Morgan fingerprint density at radius 1 is 1.08 bits per heavy atom. The quantitative estimate of drug-likeness (QED) is 0.624. The van der Waals surface area contributed by atoms with Crippen molar-refractivity contribution < 1.29 is 14.3 Å². The lowest BCUT2D eigenvalue weighted by molar-refractivity contribution is -0.148. The molecule has 2 rings (SSSR count). The van der Waals surface area contributed by atoms with Crippen molar-refractivity contribution in [3.8, 4) is 0 Å². The first-order valence-corrected chi connectivity index (χ1v) is 7.90. The highest BCUT2D eigenvalue weighted by molar-refractivity contribution is 6.31. The molecule has 1 N–H and O–H groups in total. The number of benzene rings is 2. The van der Waals surface area contributed by atoms with Crippen LogP contribution in [0.3, 0.4) is 0 Å². The summed E-state index contributed by atoms with van der Waals surface area (Å²) >= 11 is 11.7. The minimum Gasteiger partial charge on any atom is -0.449 e. The van der Waals surface area contributed by atoms with Gasteiger partial charge in [-0.25, -0.2) is 4.79 Å². The third-order valence-electron chi connectivity index (χ3n) is 3.01. The fourth-order valence-corrected chi connectivity index (χ4v) is 2.24. The Morgan fingerprint density at radius 2 is 1.75 bits per heavy atom. The van der Waals surface area contributed by atoms with E-state index in [1.54, 1.807) is 54.6 Å². The lowest BCUT2D eigenvalue weighted by Crippen LogP contribution is -2.29. The molecule has 0 aliphatic rings. The number of hydrogen-bond donors (Lipinski definition) is 1. The Bertz CT molecular complexity index is 774. The average molecular weight is 364 g/mol. The summed E-state index contributed by atoms with van der Waals surface area (Å²) in [6.07, 6.45) is 1.87. The molecule has 0 unspecified atom stereocenters. The van der Waals surface area contributed by atoms with E-state index in [9.17, 15) is 9.59 Å². The molecule has 0 fully saturated rings. The summed E-state index contributed by atoms with van der Waals surface area (Å²) in [6.45, 7) is 1.49. The third kappa shape index (κ3) is 5.72. The molecule has 1 atom stereocenters. The molecule has 0 saturated carbocycles. The van der Waals surface area contributed by atoms with Crippen molar-refractivity contribution in [2.45, 2.75) is 13.0 Å². The first kappa shape index (κ1) is 18.0. The number of esters is 1. The van der Waals surface area contributed by atoms with Crippen molar-refractivity contribution in [3.63, 3.8) is 0 Å². The second-order valence-electron chi connectivity index (χ2n) is 4.97. The van der Waals surface area contributed by atoms with Gasteiger partial charge in [-0.05, 0) is 48.9 Å². The van der Waals surface area contributed by atoms with E-state index in [1.807, 2.05) is 0 Å². The number of carbonyl (C=O) groups is 2. The second-order valence-corrected chi connectivity index (χ2v) is 5.84. The Labute approximate surface area is 150 Å². The molecule has 0 bridgehead atoms. The van der Waals surface area contributed by atoms with Crippen molar-refractivity contribution in [3.05, 3.63) is 70.2 Å². The molecule has 0 heterocycles. The SMILES string of the molecule is C[C@H](OC(=O)/C=C/c1cccc(Cl)c1)C(=O)Nc1cccc(Cl)c1. The van der Waals surface area contributed by atoms with Crippen molar-refractivity contribution in [2.24, 2.45) is 0 Å². The maximum absolute atomic E-state index is 12.0. The minimum atomic E-state index is -0.944. The first-order chi connectivity index (χ1) is 11.4. The minimum absolute atomic E-state index is 0.443. The summed E-state index contributed by atoms with van der Waals surface area (Å²) in [7, 11) is 0. The van der Waals surface area contributed by atoms with E-state index in [0.717, 1.165) is 5.56 Å². The number of anilines is 1. The number of halogens is 2. The van der Waals surface area contributed by atoms with Crippen LogP contribution in [-0.2, 0) is 14.3 Å². The summed E-state index contributed by atoms with van der Waals surface area (Å²) in [5.74, 6) is -1.06. The molecule has 2 aromatic rings. The highest BCUT2D eigenvalue weighted by Crippen LogP contribution is 2.15. The molecular formula is C18H15Cl2NO3. The fourth-order valence-electron chi connectivity index (χ4n) is 1.85. The van der Waals surface area contributed by atoms with Crippen LogP contribution >= 0.6 is 23.2 Å². The van der Waals surface area contributed by atoms with Crippen LogP contribution in [0.25, 0.3) is 6.08 Å². The summed E-state index contributed by atoms with van der Waals surface area (Å²) in [5, 5.41) is 3.70. The molecule has 24 heavy (non-hydrogen) atoms. The van der Waals surface area contributed by atoms with E-state index in [0.29, 0.717) is 15.7 Å². The van der Waals surface area contributed by atoms with Crippen LogP contribution in [0.5, 0.6) is 0 Å². The van der Waals surface area contributed by atoms with E-state index in [4.69, 9.17) is 27.9 Å². The van der Waals surface area contributed by atoms with Gasteiger partial charge in [0.1, 0.15) is 0 Å². The summed E-state index contributed by atoms with van der Waals surface area (Å²) in [4.78, 5) is 23.8. The number of nitrogens with one attached hydrogen (secondary N) is 1. The van der Waals surface area contributed by atoms with E-state index in [2.05, 4.69) is 5.32 Å². The number of rotatable bonds is 5. The molecular weight excluding hydrogens is 349 g/mol. The van der Waals surface area contributed by atoms with Crippen LogP contribution in [0, 0.1) is 0 Å². The van der Waals surface area contributed by atoms with E-state index < -0.39 is 18.0 Å². The Balaban J connectivity index is 1.89. The smallest absolute Gasteiger partial charge is 0.331 e. The molecule has 6 heteroatoms. The molecule has 0 aromatic heterocycles. The second kappa shape index (κ2) is 8.52. The van der Waals surface area contributed by atoms with Gasteiger partial charge < -0.3 is 10.1 Å². The Kier molecular flexibility index (Phi) is 6.41. The zero-order valence-corrected chi connectivity index (χ0v) is 14.3. The molecule has 1 amide bonds. The number of amides is 1. The van der Waals surface area contributed by atoms with Gasteiger partial charge in [-0.15, -0.1) is 0 Å². The van der Waals surface area contributed by atoms with Gasteiger partial charge in [0, 0.05) is 21.8 Å². The van der Waals surface area contributed by atoms with Crippen LogP contribution in [0.2, 0.25) is 10.0 Å². The summed E-state index contributed by atoms with van der Waals surface area (Å²) in [6, 6.07) is 13.7. The van der Waals surface area contributed by atoms with Crippen LogP contribution < -0.4 is 5.32 Å². The lowest BCUT2D eigenvalue weighted by Gasteiger charge is -2.12. The lowest BCUT2D eigenvalue weighted by atomic mass is 10.2. The van der Waals surface area contributed by atoms with Crippen LogP contribution in [-0.4, -0.2) is 18.0 Å². The van der Waals surface area contributed by atoms with Crippen LogP contribution in [0.15, 0.2) is 54.6 Å². The highest BCUT2D eigenvalue weighted by Gasteiger charge is 2.16. The van der Waals surface area contributed by atoms with Crippen molar-refractivity contribution in [1.82, 2.24) is 0 Å². The van der Waals surface area contributed by atoms with Gasteiger partial charge in [0.25, 0.3) is 5.91 Å². The van der Waals surface area contributed by atoms with Gasteiger partial charge in [-0.2, -0.15) is 0 Å². The average Bonchev–Trinajstić information content (AvgIpc) is 2.53. The van der Waals surface area contributed by atoms with Gasteiger partial charge in [-0.1, -0.05) is 41.4 Å². The third-order valence-corrected chi connectivity index (χ3v) is 3.49. The molecule has 0 aliphatic carbocycles. The maximum Gasteiger partial charge on any atom is 0.331 e. The maximum atomic E-state index is 12.0. The standard InChI is InChI=1S/C18H15Cl2NO3/c1-12(18(23)21-16-7-3-6-15(20)11-16)24-17(22)9-8-13-4-2-5-14(19)10-13/h2-12H,1H3,(H,21,23)/b9-8+/t12-/m0/s1. The van der Waals surface area contributed by atoms with Crippen molar-refractivity contribution >= 4 is 46.8 Å². The highest BCUT2D eigenvalue weighted by atomic mass is 35.5. The van der Waals surface area contributed by atoms with Gasteiger partial charge in [0.15, 0.2) is 6.10 Å². The largest absolute Gasteiger partial charge is 0.449 e. The van der Waals surface area contributed by atoms with Gasteiger partial charge in [-0.3, -0.25) is 4.79 Å². The predicted octanol–water partition coefficient (Wildman–Crippen LogP) is 4.58. The topological polar surface area (TPSA) is 55.4 Å². The predicted molar refractivity (Wildman–Crippen MR) is 96.1 cm³/mol. The first-order valence-electron chi connectivity index (χ1n) is 7.15. The van der Waals surface area contributed by atoms with Crippen molar-refractivity contribution in [2.75, 3.05) is 5.32 Å².